The summed E-state index contributed by atoms with van der Waals surface area (Å²) < 4.78 is 10.7. The molecule has 11 nitrogen and oxygen atoms in total. The quantitative estimate of drug-likeness (QED) is 0.187. The summed E-state index contributed by atoms with van der Waals surface area (Å²) in [6.45, 7) is 0.809. The molecule has 1 unspecified atom stereocenters. The molecule has 12 heteroatoms. The van der Waals surface area contributed by atoms with Gasteiger partial charge in [0.25, 0.3) is 11.6 Å². The molecule has 1 N–H and O–H groups in total. The summed E-state index contributed by atoms with van der Waals surface area (Å²) in [5, 5.41) is 12.8. The monoisotopic (exact) mass is 499 g/mol. The molecule has 0 radical (unpaired) electrons. The van der Waals surface area contributed by atoms with Crippen LogP contribution in [0.4, 0.5) is 5.69 Å². The summed E-state index contributed by atoms with van der Waals surface area (Å²) in [4.78, 5) is 62.2. The second-order valence-corrected chi connectivity index (χ2v) is 9.16. The van der Waals surface area contributed by atoms with Crippen molar-refractivity contribution in [2.24, 2.45) is 0 Å². The molecule has 2 aliphatic heterocycles. The number of rotatable bonds is 8. The molecular formula is C23H21N3O8S. The Bertz CT molecular complexity index is 1170. The van der Waals surface area contributed by atoms with Crippen LogP contribution in [-0.4, -0.2) is 62.7 Å². The fraction of sp³-hybridized carbons (Fsp3) is 0.304. The van der Waals surface area contributed by atoms with Crippen LogP contribution in [0.1, 0.15) is 12.5 Å². The van der Waals surface area contributed by atoms with Crippen molar-refractivity contribution in [3.63, 3.8) is 0 Å². The van der Waals surface area contributed by atoms with Crippen LogP contribution in [0.5, 0.6) is 5.75 Å². The Morgan fingerprint density at radius 2 is 1.86 bits per heavy atom. The maximum atomic E-state index is 12.9. The van der Waals surface area contributed by atoms with Crippen LogP contribution in [-0.2, 0) is 30.5 Å². The number of nitro groups is 1. The van der Waals surface area contributed by atoms with E-state index in [4.69, 9.17) is 9.47 Å². The van der Waals surface area contributed by atoms with Gasteiger partial charge < -0.3 is 19.7 Å². The molecule has 3 atom stereocenters. The van der Waals surface area contributed by atoms with Gasteiger partial charge in [0.1, 0.15) is 23.8 Å². The fourth-order valence-electron chi connectivity index (χ4n) is 3.77. The normalized spacial score (nSPS) is 23.1. The van der Waals surface area contributed by atoms with Gasteiger partial charge in [0.15, 0.2) is 17.9 Å². The summed E-state index contributed by atoms with van der Waals surface area (Å²) in [6.07, 6.45) is 0. The number of esters is 1. The zero-order valence-corrected chi connectivity index (χ0v) is 19.4. The summed E-state index contributed by atoms with van der Waals surface area (Å²) in [5.41, 5.74) is -1.46. The molecule has 0 saturated carbocycles. The Morgan fingerprint density at radius 1 is 1.17 bits per heavy atom. The largest absolute Gasteiger partial charge is 0.484 e. The molecule has 0 bridgehead atoms. The van der Waals surface area contributed by atoms with Gasteiger partial charge in [-0.2, -0.15) is 0 Å². The van der Waals surface area contributed by atoms with Crippen molar-refractivity contribution in [2.45, 2.75) is 30.5 Å². The second kappa shape index (κ2) is 9.74. The van der Waals surface area contributed by atoms with Crippen LogP contribution < -0.4 is 10.1 Å². The summed E-state index contributed by atoms with van der Waals surface area (Å²) >= 11 is 1.16. The van der Waals surface area contributed by atoms with Crippen molar-refractivity contribution in [3.8, 4) is 5.75 Å². The number of β-lactam (4-membered cyclic amide) rings is 1. The van der Waals surface area contributed by atoms with Crippen molar-refractivity contribution < 1.29 is 33.6 Å². The smallest absolute Gasteiger partial charge is 0.340 e. The Morgan fingerprint density at radius 3 is 2.51 bits per heavy atom. The molecular weight excluding hydrogens is 478 g/mol. The van der Waals surface area contributed by atoms with Gasteiger partial charge in [-0.15, -0.1) is 11.8 Å². The minimum atomic E-state index is -1.84. The van der Waals surface area contributed by atoms with Gasteiger partial charge in [-0.3, -0.25) is 24.5 Å². The lowest BCUT2D eigenvalue weighted by molar-refractivity contribution is -0.384. The Balaban J connectivity index is 1.37. The molecule has 0 aliphatic carbocycles. The molecule has 2 aromatic rings. The van der Waals surface area contributed by atoms with E-state index in [1.165, 1.54) is 31.2 Å². The maximum Gasteiger partial charge on any atom is 0.340 e. The summed E-state index contributed by atoms with van der Waals surface area (Å²) in [5.74, 6) is -2.00. The molecule has 2 amide bonds. The highest BCUT2D eigenvalue weighted by Gasteiger charge is 2.64. The third-order valence-corrected chi connectivity index (χ3v) is 7.05. The second-order valence-electron chi connectivity index (χ2n) is 8.05. The first-order chi connectivity index (χ1) is 16.7. The number of hydrogen-bond acceptors (Lipinski definition) is 9. The topological polar surface area (TPSA) is 145 Å². The predicted octanol–water partition coefficient (Wildman–Crippen LogP) is 1.44. The predicted molar refractivity (Wildman–Crippen MR) is 123 cm³/mol. The van der Waals surface area contributed by atoms with Gasteiger partial charge in [0, 0.05) is 12.1 Å². The van der Waals surface area contributed by atoms with Crippen LogP contribution in [0.15, 0.2) is 54.6 Å². The molecule has 2 saturated heterocycles. The highest BCUT2D eigenvalue weighted by Crippen LogP contribution is 2.42. The zero-order valence-electron chi connectivity index (χ0n) is 18.5. The zero-order chi connectivity index (χ0) is 25.2. The van der Waals surface area contributed by atoms with Crippen LogP contribution in [0.25, 0.3) is 0 Å². The first kappa shape index (κ1) is 24.2. The standard InChI is InChI=1S/C23H21N3O8S/c1-23(22(30)34-11-14-7-9-15(10-8-14)26(31)32)17(27)13-35-21-19(20(29)25(21)23)24-18(28)12-33-16-5-3-2-4-6-16/h2-10,19,21H,11-13H2,1H3,(H,24,28)/t19-,21-,23?/m1/s1. The Kier molecular flexibility index (Phi) is 6.74. The molecule has 182 valence electrons. The highest BCUT2D eigenvalue weighted by molar-refractivity contribution is 8.00. The number of carbonyl (C=O) groups is 4. The van der Waals surface area contributed by atoms with Crippen molar-refractivity contribution in [3.05, 3.63) is 70.3 Å². The Labute approximate surface area is 203 Å². The van der Waals surface area contributed by atoms with Crippen LogP contribution in [0, 0.1) is 10.1 Å². The van der Waals surface area contributed by atoms with Gasteiger partial charge in [-0.1, -0.05) is 18.2 Å². The van der Waals surface area contributed by atoms with Gasteiger partial charge in [0.2, 0.25) is 5.91 Å². The average molecular weight is 500 g/mol. The fourth-order valence-corrected chi connectivity index (χ4v) is 5.22. The summed E-state index contributed by atoms with van der Waals surface area (Å²) in [6, 6.07) is 13.2. The van der Waals surface area contributed by atoms with E-state index in [1.807, 2.05) is 6.07 Å². The molecule has 2 heterocycles. The number of amides is 2. The van der Waals surface area contributed by atoms with Gasteiger partial charge >= 0.3 is 5.97 Å². The van der Waals surface area contributed by atoms with E-state index in [1.54, 1.807) is 24.3 Å². The first-order valence-electron chi connectivity index (χ1n) is 10.6. The highest BCUT2D eigenvalue weighted by atomic mass is 32.2. The number of non-ortho nitro benzene ring substituents is 1. The van der Waals surface area contributed by atoms with Gasteiger partial charge in [-0.25, -0.2) is 4.79 Å². The number of nitro benzene ring substituents is 1. The molecule has 4 rings (SSSR count). The van der Waals surface area contributed by atoms with Crippen molar-refractivity contribution in [1.82, 2.24) is 10.2 Å². The molecule has 2 fully saturated rings. The van der Waals surface area contributed by atoms with Crippen molar-refractivity contribution >= 4 is 41.0 Å². The molecule has 2 aliphatic rings. The number of ketones is 1. The van der Waals surface area contributed by atoms with Crippen LogP contribution >= 0.6 is 11.8 Å². The van der Waals surface area contributed by atoms with E-state index in [9.17, 15) is 29.3 Å². The van der Waals surface area contributed by atoms with E-state index in [0.717, 1.165) is 16.7 Å². The number of carbonyl (C=O) groups excluding carboxylic acids is 4. The number of para-hydroxylation sites is 1. The van der Waals surface area contributed by atoms with Crippen molar-refractivity contribution in [1.29, 1.82) is 0 Å². The number of benzene rings is 2. The maximum absolute atomic E-state index is 12.9. The van der Waals surface area contributed by atoms with E-state index in [2.05, 4.69) is 5.32 Å². The van der Waals surface area contributed by atoms with E-state index in [0.29, 0.717) is 11.3 Å². The lowest BCUT2D eigenvalue weighted by Gasteiger charge is -2.55. The number of fused-ring (bicyclic) bond motifs is 1. The number of nitrogens with zero attached hydrogens (tertiary/aromatic N) is 2. The van der Waals surface area contributed by atoms with Crippen LogP contribution in [0.2, 0.25) is 0 Å². The Hall–Kier alpha value is -3.93. The van der Waals surface area contributed by atoms with Gasteiger partial charge in [0.05, 0.1) is 10.7 Å². The summed E-state index contributed by atoms with van der Waals surface area (Å²) in [7, 11) is 0. The van der Waals surface area contributed by atoms with E-state index >= 15 is 0 Å². The SMILES string of the molecule is CC1(C(=O)OCc2ccc([N+](=O)[O-])cc2)C(=O)CS[C@@H]2[C@H](NC(=O)COc3ccccc3)C(=O)N21. The minimum absolute atomic E-state index is 0.0372. The molecule has 2 aromatic carbocycles. The van der Waals surface area contributed by atoms with E-state index < -0.39 is 45.4 Å². The third kappa shape index (κ3) is 4.69. The van der Waals surface area contributed by atoms with E-state index in [-0.39, 0.29) is 24.7 Å². The number of nitrogens with one attached hydrogen (secondary N) is 1. The number of hydrogen-bond donors (Lipinski definition) is 1. The number of thioether (sulfide) groups is 1. The van der Waals surface area contributed by atoms with Gasteiger partial charge in [-0.05, 0) is 36.8 Å². The van der Waals surface area contributed by atoms with Crippen LogP contribution in [0.3, 0.4) is 0 Å². The molecule has 0 aromatic heterocycles. The number of Topliss-reactive ketones (excluding diaryl/α,β-unsaturated/α-hetero) is 1. The minimum Gasteiger partial charge on any atom is -0.484 e. The third-order valence-electron chi connectivity index (χ3n) is 5.80. The lowest BCUT2D eigenvalue weighted by Crippen LogP contribution is -2.80. The molecule has 35 heavy (non-hydrogen) atoms. The average Bonchev–Trinajstić information content (AvgIpc) is 2.86. The first-order valence-corrected chi connectivity index (χ1v) is 11.6. The molecule has 0 spiro atoms. The van der Waals surface area contributed by atoms with Crippen molar-refractivity contribution in [2.75, 3.05) is 12.4 Å². The number of ether oxygens (including phenoxy) is 2. The lowest BCUT2D eigenvalue weighted by atomic mass is 9.88.